The van der Waals surface area contributed by atoms with Crippen LogP contribution in [0, 0.1) is 0 Å². The molecule has 3 N–H and O–H groups in total. The van der Waals surface area contributed by atoms with Crippen LogP contribution in [0.25, 0.3) is 0 Å². The molecule has 2 aromatic carbocycles. The number of hydrogen-bond acceptors (Lipinski definition) is 4. The van der Waals surface area contributed by atoms with Crippen LogP contribution in [0.1, 0.15) is 30.1 Å². The zero-order valence-electron chi connectivity index (χ0n) is 14.2. The Morgan fingerprint density at radius 2 is 1.80 bits per heavy atom. The zero-order valence-corrected chi connectivity index (χ0v) is 14.2. The zero-order chi connectivity index (χ0) is 18.1. The Labute approximate surface area is 146 Å². The fourth-order valence-corrected chi connectivity index (χ4v) is 2.06. The van der Waals surface area contributed by atoms with Crippen molar-refractivity contribution in [2.75, 3.05) is 18.5 Å². The number of hydrogen-bond donors (Lipinski definition) is 2. The van der Waals surface area contributed by atoms with E-state index >= 15 is 0 Å². The van der Waals surface area contributed by atoms with Crippen LogP contribution in [0.3, 0.4) is 0 Å². The third-order valence-electron chi connectivity index (χ3n) is 3.36. The van der Waals surface area contributed by atoms with Gasteiger partial charge in [-0.2, -0.15) is 0 Å². The van der Waals surface area contributed by atoms with Gasteiger partial charge in [0.25, 0.3) is 11.8 Å². The number of unbranched alkanes of at least 4 members (excludes halogenated alkanes) is 1. The first-order chi connectivity index (χ1) is 12.1. The molecule has 2 rings (SSSR count). The summed E-state index contributed by atoms with van der Waals surface area (Å²) in [7, 11) is 0. The molecule has 0 atom stereocenters. The molecule has 0 aromatic heterocycles. The number of nitrogens with one attached hydrogen (secondary N) is 1. The molecule has 25 heavy (non-hydrogen) atoms. The van der Waals surface area contributed by atoms with Crippen LogP contribution in [0.15, 0.2) is 48.5 Å². The van der Waals surface area contributed by atoms with Crippen LogP contribution in [0.4, 0.5) is 5.69 Å². The Morgan fingerprint density at radius 1 is 1.04 bits per heavy atom. The van der Waals surface area contributed by atoms with Crippen molar-refractivity contribution in [3.05, 3.63) is 54.1 Å². The summed E-state index contributed by atoms with van der Waals surface area (Å²) in [4.78, 5) is 23.0. The van der Waals surface area contributed by atoms with Gasteiger partial charge in [0.1, 0.15) is 11.5 Å². The van der Waals surface area contributed by atoms with Gasteiger partial charge < -0.3 is 20.5 Å². The number of carbonyl (C=O) groups is 2. The first-order valence-corrected chi connectivity index (χ1v) is 8.14. The van der Waals surface area contributed by atoms with E-state index in [0.29, 0.717) is 23.6 Å². The molecule has 2 amide bonds. The average molecular weight is 342 g/mol. The smallest absolute Gasteiger partial charge is 0.255 e. The van der Waals surface area contributed by atoms with E-state index in [0.717, 1.165) is 18.6 Å². The highest BCUT2D eigenvalue weighted by Crippen LogP contribution is 2.19. The van der Waals surface area contributed by atoms with Gasteiger partial charge in [-0.15, -0.1) is 0 Å². The van der Waals surface area contributed by atoms with Gasteiger partial charge >= 0.3 is 0 Å². The van der Waals surface area contributed by atoms with Gasteiger partial charge in [-0.1, -0.05) is 19.4 Å². The molecule has 0 spiro atoms. The Hall–Kier alpha value is -3.02. The molecule has 0 fully saturated rings. The Balaban J connectivity index is 1.95. The number of carbonyl (C=O) groups excluding carboxylic acids is 2. The maximum Gasteiger partial charge on any atom is 0.255 e. The van der Waals surface area contributed by atoms with E-state index in [2.05, 4.69) is 12.2 Å². The van der Waals surface area contributed by atoms with Crippen LogP contribution in [0.5, 0.6) is 11.5 Å². The number of amides is 2. The molecule has 0 heterocycles. The fourth-order valence-electron chi connectivity index (χ4n) is 2.06. The standard InChI is InChI=1S/C19H22N2O4/c1-2-3-11-24-16-9-7-14(8-10-16)19(23)21-15-5-4-6-17(12-15)25-13-18(20)22/h4-10,12H,2-3,11,13H2,1H3,(H2,20,22)(H,21,23). The third-order valence-corrected chi connectivity index (χ3v) is 3.36. The Kier molecular flexibility index (Phi) is 6.83. The minimum absolute atomic E-state index is 0.211. The molecular weight excluding hydrogens is 320 g/mol. The number of ether oxygens (including phenoxy) is 2. The third kappa shape index (κ3) is 6.18. The van der Waals surface area contributed by atoms with Crippen molar-refractivity contribution in [2.24, 2.45) is 5.73 Å². The van der Waals surface area contributed by atoms with Crippen LogP contribution in [0.2, 0.25) is 0 Å². The van der Waals surface area contributed by atoms with E-state index in [1.165, 1.54) is 0 Å². The van der Waals surface area contributed by atoms with Gasteiger partial charge in [0.2, 0.25) is 0 Å². The normalized spacial score (nSPS) is 10.1. The summed E-state index contributed by atoms with van der Waals surface area (Å²) >= 11 is 0. The number of primary amides is 1. The minimum Gasteiger partial charge on any atom is -0.494 e. The molecule has 0 aliphatic heterocycles. The molecule has 0 radical (unpaired) electrons. The molecule has 0 unspecified atom stereocenters. The summed E-state index contributed by atoms with van der Waals surface area (Å²) in [6.07, 6.45) is 2.07. The number of rotatable bonds is 9. The lowest BCUT2D eigenvalue weighted by Gasteiger charge is -2.09. The van der Waals surface area contributed by atoms with Crippen molar-refractivity contribution in [1.82, 2.24) is 0 Å². The van der Waals surface area contributed by atoms with Gasteiger partial charge in [-0.05, 0) is 42.8 Å². The molecule has 2 aromatic rings. The van der Waals surface area contributed by atoms with E-state index in [9.17, 15) is 9.59 Å². The predicted molar refractivity (Wildman–Crippen MR) is 95.9 cm³/mol. The Bertz CT molecular complexity index is 714. The summed E-state index contributed by atoms with van der Waals surface area (Å²) in [6, 6.07) is 13.7. The molecule has 6 nitrogen and oxygen atoms in total. The molecular formula is C19H22N2O4. The van der Waals surface area contributed by atoms with E-state index in [4.69, 9.17) is 15.2 Å². The summed E-state index contributed by atoms with van der Waals surface area (Å²) < 4.78 is 10.8. The fraction of sp³-hybridized carbons (Fsp3) is 0.263. The average Bonchev–Trinajstić information content (AvgIpc) is 2.61. The largest absolute Gasteiger partial charge is 0.494 e. The van der Waals surface area contributed by atoms with Crippen LogP contribution in [-0.4, -0.2) is 25.0 Å². The van der Waals surface area contributed by atoms with Crippen molar-refractivity contribution >= 4 is 17.5 Å². The van der Waals surface area contributed by atoms with Crippen molar-refractivity contribution < 1.29 is 19.1 Å². The van der Waals surface area contributed by atoms with Gasteiger partial charge in [0.05, 0.1) is 6.61 Å². The van der Waals surface area contributed by atoms with Crippen LogP contribution >= 0.6 is 0 Å². The van der Waals surface area contributed by atoms with Crippen molar-refractivity contribution in [1.29, 1.82) is 0 Å². The van der Waals surface area contributed by atoms with E-state index in [1.54, 1.807) is 48.5 Å². The highest BCUT2D eigenvalue weighted by molar-refractivity contribution is 6.04. The molecule has 0 aliphatic carbocycles. The van der Waals surface area contributed by atoms with Gasteiger partial charge in [-0.3, -0.25) is 9.59 Å². The maximum atomic E-state index is 12.3. The second-order valence-corrected chi connectivity index (χ2v) is 5.46. The maximum absolute atomic E-state index is 12.3. The quantitative estimate of drug-likeness (QED) is 0.686. The molecule has 0 saturated heterocycles. The highest BCUT2D eigenvalue weighted by Gasteiger charge is 2.07. The second-order valence-electron chi connectivity index (χ2n) is 5.46. The van der Waals surface area contributed by atoms with Crippen LogP contribution < -0.4 is 20.5 Å². The summed E-state index contributed by atoms with van der Waals surface area (Å²) in [5.41, 5.74) is 6.13. The summed E-state index contributed by atoms with van der Waals surface area (Å²) in [5, 5.41) is 2.78. The molecule has 0 saturated carbocycles. The molecule has 0 bridgehead atoms. The summed E-state index contributed by atoms with van der Waals surface area (Å²) in [5.74, 6) is 0.394. The van der Waals surface area contributed by atoms with E-state index in [-0.39, 0.29) is 12.5 Å². The molecule has 132 valence electrons. The molecule has 6 heteroatoms. The number of anilines is 1. The van der Waals surface area contributed by atoms with Crippen molar-refractivity contribution in [3.63, 3.8) is 0 Å². The van der Waals surface area contributed by atoms with Crippen molar-refractivity contribution in [2.45, 2.75) is 19.8 Å². The summed E-state index contributed by atoms with van der Waals surface area (Å²) in [6.45, 7) is 2.56. The topological polar surface area (TPSA) is 90.7 Å². The number of benzene rings is 2. The van der Waals surface area contributed by atoms with Crippen LogP contribution in [-0.2, 0) is 4.79 Å². The van der Waals surface area contributed by atoms with Gasteiger partial charge in [0, 0.05) is 17.3 Å². The van der Waals surface area contributed by atoms with E-state index in [1.807, 2.05) is 0 Å². The minimum atomic E-state index is -0.560. The second kappa shape index (κ2) is 9.32. The Morgan fingerprint density at radius 3 is 2.48 bits per heavy atom. The van der Waals surface area contributed by atoms with Crippen molar-refractivity contribution in [3.8, 4) is 11.5 Å². The number of nitrogens with two attached hydrogens (primary N) is 1. The monoisotopic (exact) mass is 342 g/mol. The van der Waals surface area contributed by atoms with Gasteiger partial charge in [-0.25, -0.2) is 0 Å². The predicted octanol–water partition coefficient (Wildman–Crippen LogP) is 2.98. The SMILES string of the molecule is CCCCOc1ccc(C(=O)Nc2cccc(OCC(N)=O)c2)cc1. The first kappa shape index (κ1) is 18.3. The lowest BCUT2D eigenvalue weighted by atomic mass is 10.2. The molecule has 0 aliphatic rings. The first-order valence-electron chi connectivity index (χ1n) is 8.14. The lowest BCUT2D eigenvalue weighted by molar-refractivity contribution is -0.119. The van der Waals surface area contributed by atoms with Gasteiger partial charge in [0.15, 0.2) is 6.61 Å². The highest BCUT2D eigenvalue weighted by atomic mass is 16.5. The lowest BCUT2D eigenvalue weighted by Crippen LogP contribution is -2.20. The van der Waals surface area contributed by atoms with E-state index < -0.39 is 5.91 Å².